The highest BCUT2D eigenvalue weighted by Crippen LogP contribution is 2.74. The Bertz CT molecular complexity index is 1350. The Morgan fingerprint density at radius 1 is 0.939 bits per heavy atom. The molecular formula is C40H65N3O6. The summed E-state index contributed by atoms with van der Waals surface area (Å²) < 4.78 is 5.23. The number of hydrogen-bond acceptors (Lipinski definition) is 6. The van der Waals surface area contributed by atoms with Crippen LogP contribution in [0.1, 0.15) is 139 Å². The minimum atomic E-state index is -1.11. The normalized spacial score (nSPS) is 40.1. The first-order chi connectivity index (χ1) is 22.6. The molecule has 0 spiro atoms. The summed E-state index contributed by atoms with van der Waals surface area (Å²) in [5.41, 5.74) is 6.81. The number of carbonyl (C=O) groups is 4. The average molecular weight is 684 g/mol. The van der Waals surface area contributed by atoms with Crippen molar-refractivity contribution in [3.05, 3.63) is 12.2 Å². The number of carboxylic acids is 1. The zero-order valence-corrected chi connectivity index (χ0v) is 31.6. The molecule has 9 heteroatoms. The maximum atomic E-state index is 14.4. The van der Waals surface area contributed by atoms with Gasteiger partial charge in [-0.15, -0.1) is 0 Å². The molecule has 49 heavy (non-hydrogen) atoms. The Morgan fingerprint density at radius 2 is 1.61 bits per heavy atom. The van der Waals surface area contributed by atoms with Crippen molar-refractivity contribution in [2.24, 2.45) is 57.0 Å². The standard InChI is InChI=1S/C40H65N3O6/c1-24(2)25-15-21-39(33(47)42-23-11-10-12-28(32(45)46)43-34(48)49-35(3,4)5)22-16-26-27(40(25,39)41)13-14-30-37(26,8)19-17-29-36(6,7)31(44)18-20-38(29,30)9/h25-30H,1,10-23,41H2,2-9H3,(H,42,47)(H,43,48)(H,45,46). The van der Waals surface area contributed by atoms with Crippen molar-refractivity contribution in [3.63, 3.8) is 0 Å². The Morgan fingerprint density at radius 3 is 2.24 bits per heavy atom. The highest BCUT2D eigenvalue weighted by Gasteiger charge is 2.72. The highest BCUT2D eigenvalue weighted by molar-refractivity contribution is 5.86. The lowest BCUT2D eigenvalue weighted by Crippen LogP contribution is -2.72. The molecule has 5 aliphatic carbocycles. The van der Waals surface area contributed by atoms with E-state index < -0.39 is 34.7 Å². The van der Waals surface area contributed by atoms with Crippen molar-refractivity contribution < 1.29 is 29.0 Å². The van der Waals surface area contributed by atoms with Gasteiger partial charge < -0.3 is 26.2 Å². The molecule has 0 heterocycles. The van der Waals surface area contributed by atoms with E-state index in [1.54, 1.807) is 20.8 Å². The largest absolute Gasteiger partial charge is 0.480 e. The number of ether oxygens (including phenoxy) is 1. The van der Waals surface area contributed by atoms with Crippen LogP contribution in [-0.2, 0) is 19.1 Å². The molecule has 5 saturated carbocycles. The second kappa shape index (κ2) is 13.0. The molecular weight excluding hydrogens is 618 g/mol. The van der Waals surface area contributed by atoms with Gasteiger partial charge in [0.05, 0.1) is 5.41 Å². The van der Waals surface area contributed by atoms with Gasteiger partial charge in [-0.2, -0.15) is 0 Å². The fourth-order valence-electron chi connectivity index (χ4n) is 12.8. The van der Waals surface area contributed by atoms with Crippen molar-refractivity contribution in [3.8, 4) is 0 Å². The van der Waals surface area contributed by atoms with Gasteiger partial charge in [-0.3, -0.25) is 9.59 Å². The summed E-state index contributed by atoms with van der Waals surface area (Å²) >= 11 is 0. The monoisotopic (exact) mass is 683 g/mol. The van der Waals surface area contributed by atoms with E-state index in [4.69, 9.17) is 10.5 Å². The quantitative estimate of drug-likeness (QED) is 0.149. The zero-order valence-electron chi connectivity index (χ0n) is 31.6. The number of rotatable bonds is 9. The molecule has 9 nitrogen and oxygen atoms in total. The average Bonchev–Trinajstić information content (AvgIpc) is 3.31. The molecule has 0 aromatic rings. The molecule has 0 aromatic carbocycles. The first-order valence-electron chi connectivity index (χ1n) is 19.1. The van der Waals surface area contributed by atoms with Crippen molar-refractivity contribution in [1.29, 1.82) is 0 Å². The van der Waals surface area contributed by atoms with Crippen LogP contribution in [0.5, 0.6) is 0 Å². The first kappa shape index (κ1) is 37.8. The summed E-state index contributed by atoms with van der Waals surface area (Å²) in [6.07, 6.45) is 9.95. The minimum Gasteiger partial charge on any atom is -0.480 e. The van der Waals surface area contributed by atoms with Crippen LogP contribution in [0.2, 0.25) is 0 Å². The highest BCUT2D eigenvalue weighted by atomic mass is 16.6. The van der Waals surface area contributed by atoms with Crippen LogP contribution < -0.4 is 16.4 Å². The molecule has 0 aliphatic heterocycles. The topological polar surface area (TPSA) is 148 Å². The van der Waals surface area contributed by atoms with Crippen molar-refractivity contribution in [2.75, 3.05) is 6.54 Å². The van der Waals surface area contributed by atoms with Crippen molar-refractivity contribution >= 4 is 23.8 Å². The number of ketones is 1. The SMILES string of the molecule is C=C(C)C1CCC2(C(=O)NCCCCC(NC(=O)OC(C)(C)C)C(=O)O)CCC3C(CCC4C3(C)CCC3C(C)(C)C(=O)CCC34C)C12N. The molecule has 2 amide bonds. The molecule has 0 saturated heterocycles. The predicted octanol–water partition coefficient (Wildman–Crippen LogP) is 7.17. The zero-order chi connectivity index (χ0) is 36.4. The van der Waals surface area contributed by atoms with E-state index in [0.717, 1.165) is 63.4 Å². The lowest BCUT2D eigenvalue weighted by molar-refractivity contribution is -0.202. The third-order valence-corrected chi connectivity index (χ3v) is 14.9. The van der Waals surface area contributed by atoms with Crippen LogP contribution in [0.25, 0.3) is 0 Å². The second-order valence-corrected chi connectivity index (χ2v) is 18.9. The van der Waals surface area contributed by atoms with Gasteiger partial charge in [-0.05, 0) is 145 Å². The lowest BCUT2D eigenvalue weighted by Gasteiger charge is -2.70. The molecule has 10 unspecified atom stereocenters. The number of nitrogens with one attached hydrogen (secondary N) is 2. The van der Waals surface area contributed by atoms with Gasteiger partial charge >= 0.3 is 12.1 Å². The van der Waals surface area contributed by atoms with E-state index in [1.165, 1.54) is 0 Å². The molecule has 0 bridgehead atoms. The summed E-state index contributed by atoms with van der Waals surface area (Å²) in [4.78, 5) is 51.5. The number of unbranched alkanes of at least 4 members (excludes halogenated alkanes) is 1. The van der Waals surface area contributed by atoms with Crippen LogP contribution in [0.3, 0.4) is 0 Å². The Hall–Kier alpha value is -2.42. The minimum absolute atomic E-state index is 0.0364. The second-order valence-electron chi connectivity index (χ2n) is 18.9. The summed E-state index contributed by atoms with van der Waals surface area (Å²) in [6.45, 7) is 21.5. The molecule has 5 rings (SSSR count). The number of amides is 2. The van der Waals surface area contributed by atoms with Gasteiger partial charge in [0.2, 0.25) is 5.91 Å². The van der Waals surface area contributed by atoms with Gasteiger partial charge in [0.15, 0.2) is 0 Å². The number of Topliss-reactive ketones (excluding diaryl/α,β-unsaturated/α-hetero) is 1. The number of aliphatic carboxylic acids is 1. The van der Waals surface area contributed by atoms with Crippen LogP contribution in [0, 0.1) is 51.2 Å². The number of nitrogens with two attached hydrogens (primary N) is 1. The number of carbonyl (C=O) groups excluding carboxylic acids is 3. The summed E-state index contributed by atoms with van der Waals surface area (Å²) in [5.74, 6) is 1.05. The van der Waals surface area contributed by atoms with E-state index in [9.17, 15) is 24.3 Å². The fraction of sp³-hybridized carbons (Fsp3) is 0.850. The van der Waals surface area contributed by atoms with Crippen LogP contribution >= 0.6 is 0 Å². The Balaban J connectivity index is 1.29. The molecule has 276 valence electrons. The fourth-order valence-corrected chi connectivity index (χ4v) is 12.8. The van der Waals surface area contributed by atoms with Gasteiger partial charge in [0.25, 0.3) is 0 Å². The van der Waals surface area contributed by atoms with E-state index >= 15 is 0 Å². The van der Waals surface area contributed by atoms with Crippen LogP contribution in [0.15, 0.2) is 12.2 Å². The molecule has 5 aliphatic rings. The molecule has 10 atom stereocenters. The summed E-state index contributed by atoms with van der Waals surface area (Å²) in [6, 6.07) is -1.06. The number of fused-ring (bicyclic) bond motifs is 7. The van der Waals surface area contributed by atoms with Gasteiger partial charge in [-0.25, -0.2) is 9.59 Å². The van der Waals surface area contributed by atoms with Crippen molar-refractivity contribution in [2.45, 2.75) is 156 Å². The molecule has 5 N–H and O–H groups in total. The third-order valence-electron chi connectivity index (χ3n) is 14.9. The van der Waals surface area contributed by atoms with Crippen LogP contribution in [-0.4, -0.2) is 52.6 Å². The third kappa shape index (κ3) is 6.16. The van der Waals surface area contributed by atoms with Gasteiger partial charge in [0, 0.05) is 23.9 Å². The Kier molecular flexibility index (Phi) is 10.0. The first-order valence-corrected chi connectivity index (χ1v) is 19.1. The van der Waals surface area contributed by atoms with E-state index in [0.29, 0.717) is 49.3 Å². The van der Waals surface area contributed by atoms with Crippen LogP contribution in [0.4, 0.5) is 4.79 Å². The molecule has 0 aromatic heterocycles. The maximum Gasteiger partial charge on any atom is 0.408 e. The number of carboxylic acid groups (broad SMARTS) is 1. The summed E-state index contributed by atoms with van der Waals surface area (Å²) in [7, 11) is 0. The maximum absolute atomic E-state index is 14.4. The van der Waals surface area contributed by atoms with E-state index in [2.05, 4.69) is 51.8 Å². The number of hydrogen-bond donors (Lipinski definition) is 4. The van der Waals surface area contributed by atoms with Gasteiger partial charge in [-0.1, -0.05) is 39.8 Å². The predicted molar refractivity (Wildman–Crippen MR) is 190 cm³/mol. The van der Waals surface area contributed by atoms with Gasteiger partial charge in [0.1, 0.15) is 17.4 Å². The smallest absolute Gasteiger partial charge is 0.408 e. The van der Waals surface area contributed by atoms with Crippen molar-refractivity contribution in [1.82, 2.24) is 10.6 Å². The Labute approximate surface area is 294 Å². The molecule has 0 radical (unpaired) electrons. The summed E-state index contributed by atoms with van der Waals surface area (Å²) in [5, 5.41) is 15.4. The molecule has 5 fully saturated rings. The number of alkyl carbamates (subject to hydrolysis) is 1. The van der Waals surface area contributed by atoms with E-state index in [-0.39, 0.29) is 40.4 Å². The van der Waals surface area contributed by atoms with E-state index in [1.807, 2.05) is 0 Å². The lowest BCUT2D eigenvalue weighted by atomic mass is 9.35.